The van der Waals surface area contributed by atoms with Gasteiger partial charge in [-0.1, -0.05) is 54.1 Å². The average molecular weight is 383 g/mol. The van der Waals surface area contributed by atoms with Crippen LogP contribution in [-0.2, 0) is 24.3 Å². The maximum Gasteiger partial charge on any atom is 0.234 e. The highest BCUT2D eigenvalue weighted by Gasteiger charge is 2.13. The van der Waals surface area contributed by atoms with Gasteiger partial charge in [-0.3, -0.25) is 9.69 Å². The van der Waals surface area contributed by atoms with Gasteiger partial charge < -0.3 is 9.73 Å². The second kappa shape index (κ2) is 9.95. The van der Waals surface area contributed by atoms with Crippen LogP contribution < -0.4 is 5.32 Å². The second-order valence-electron chi connectivity index (χ2n) is 6.44. The molecule has 3 aromatic rings. The Labute approximate surface area is 164 Å². The summed E-state index contributed by atoms with van der Waals surface area (Å²) < 4.78 is 5.45. The lowest BCUT2D eigenvalue weighted by Gasteiger charge is -2.21. The summed E-state index contributed by atoms with van der Waals surface area (Å²) in [5.74, 6) is 0.853. The molecule has 0 radical (unpaired) electrons. The van der Waals surface area contributed by atoms with Gasteiger partial charge in [0.1, 0.15) is 5.76 Å². The number of rotatable bonds is 9. The fourth-order valence-corrected chi connectivity index (χ4v) is 3.01. The standard InChI is InChI=1S/C22H23ClN2O2/c23-20-10-8-18(9-11-20)12-13-24-22(26)17-25(16-21-7-4-14-27-21)15-19-5-2-1-3-6-19/h1-11,14H,12-13,15-17H2,(H,24,26). The number of furan rings is 1. The number of amides is 1. The van der Waals surface area contributed by atoms with Gasteiger partial charge >= 0.3 is 0 Å². The van der Waals surface area contributed by atoms with E-state index < -0.39 is 0 Å². The predicted octanol–water partition coefficient (Wildman–Crippen LogP) is 4.29. The highest BCUT2D eigenvalue weighted by atomic mass is 35.5. The molecule has 5 heteroatoms. The van der Waals surface area contributed by atoms with E-state index >= 15 is 0 Å². The highest BCUT2D eigenvalue weighted by Crippen LogP contribution is 2.11. The SMILES string of the molecule is O=C(CN(Cc1ccccc1)Cc1ccco1)NCCc1ccc(Cl)cc1. The maximum atomic E-state index is 12.4. The van der Waals surface area contributed by atoms with E-state index in [0.29, 0.717) is 26.2 Å². The molecule has 4 nitrogen and oxygen atoms in total. The molecule has 0 spiro atoms. The molecule has 0 aliphatic carbocycles. The Bertz CT molecular complexity index is 817. The summed E-state index contributed by atoms with van der Waals surface area (Å²) in [5.41, 5.74) is 2.31. The zero-order valence-corrected chi connectivity index (χ0v) is 15.9. The van der Waals surface area contributed by atoms with Crippen molar-refractivity contribution in [3.05, 3.63) is 94.9 Å². The molecule has 1 aromatic heterocycles. The van der Waals surface area contributed by atoms with Crippen LogP contribution in [0.2, 0.25) is 5.02 Å². The van der Waals surface area contributed by atoms with E-state index in [9.17, 15) is 4.79 Å². The number of carbonyl (C=O) groups is 1. The summed E-state index contributed by atoms with van der Waals surface area (Å²) >= 11 is 5.90. The largest absolute Gasteiger partial charge is 0.468 e. The van der Waals surface area contributed by atoms with Gasteiger partial charge in [0.2, 0.25) is 5.91 Å². The van der Waals surface area contributed by atoms with Crippen molar-refractivity contribution in [3.8, 4) is 0 Å². The molecule has 1 heterocycles. The average Bonchev–Trinajstić information content (AvgIpc) is 3.17. The minimum absolute atomic E-state index is 0.00597. The van der Waals surface area contributed by atoms with Gasteiger partial charge in [0.15, 0.2) is 0 Å². The molecule has 1 N–H and O–H groups in total. The Balaban J connectivity index is 1.52. The Morgan fingerprint density at radius 2 is 1.70 bits per heavy atom. The molecule has 0 fully saturated rings. The molecule has 2 aromatic carbocycles. The molecule has 0 aliphatic heterocycles. The highest BCUT2D eigenvalue weighted by molar-refractivity contribution is 6.30. The Hall–Kier alpha value is -2.56. The number of nitrogens with zero attached hydrogens (tertiary/aromatic N) is 1. The van der Waals surface area contributed by atoms with E-state index in [1.807, 2.05) is 54.6 Å². The summed E-state index contributed by atoms with van der Waals surface area (Å²) in [7, 11) is 0. The van der Waals surface area contributed by atoms with Gasteiger partial charge in [-0.15, -0.1) is 0 Å². The molecule has 0 saturated heterocycles. The first-order chi connectivity index (χ1) is 13.2. The van der Waals surface area contributed by atoms with Gasteiger partial charge in [0.05, 0.1) is 19.4 Å². The van der Waals surface area contributed by atoms with E-state index in [2.05, 4.69) is 22.3 Å². The number of benzene rings is 2. The minimum atomic E-state index is 0.00597. The molecule has 0 saturated carbocycles. The number of halogens is 1. The van der Waals surface area contributed by atoms with Gasteiger partial charge in [0.25, 0.3) is 0 Å². The van der Waals surface area contributed by atoms with E-state index in [4.69, 9.17) is 16.0 Å². The number of hydrogen-bond acceptors (Lipinski definition) is 3. The third-order valence-electron chi connectivity index (χ3n) is 4.22. The minimum Gasteiger partial charge on any atom is -0.468 e. The lowest BCUT2D eigenvalue weighted by Crippen LogP contribution is -2.37. The first-order valence-electron chi connectivity index (χ1n) is 8.99. The maximum absolute atomic E-state index is 12.4. The summed E-state index contributed by atoms with van der Waals surface area (Å²) in [6.07, 6.45) is 2.43. The van der Waals surface area contributed by atoms with Crippen molar-refractivity contribution in [3.63, 3.8) is 0 Å². The Kier molecular flexibility index (Phi) is 7.08. The lowest BCUT2D eigenvalue weighted by atomic mass is 10.1. The third-order valence-corrected chi connectivity index (χ3v) is 4.48. The first-order valence-corrected chi connectivity index (χ1v) is 9.36. The molecule has 3 rings (SSSR count). The van der Waals surface area contributed by atoms with Crippen molar-refractivity contribution in [2.24, 2.45) is 0 Å². The van der Waals surface area contributed by atoms with E-state index in [1.54, 1.807) is 6.26 Å². The van der Waals surface area contributed by atoms with Crippen molar-refractivity contribution in [2.75, 3.05) is 13.1 Å². The Morgan fingerprint density at radius 3 is 2.41 bits per heavy atom. The summed E-state index contributed by atoms with van der Waals surface area (Å²) in [6, 6.07) is 21.6. The summed E-state index contributed by atoms with van der Waals surface area (Å²) in [6.45, 7) is 2.19. The third kappa shape index (κ3) is 6.59. The van der Waals surface area contributed by atoms with Gasteiger partial charge in [-0.25, -0.2) is 0 Å². The van der Waals surface area contributed by atoms with Crippen LogP contribution in [0.4, 0.5) is 0 Å². The van der Waals surface area contributed by atoms with E-state index in [1.165, 1.54) is 0 Å². The molecule has 0 unspecified atom stereocenters. The molecule has 27 heavy (non-hydrogen) atoms. The molecule has 140 valence electrons. The normalized spacial score (nSPS) is 10.9. The Morgan fingerprint density at radius 1 is 0.926 bits per heavy atom. The van der Waals surface area contributed by atoms with Crippen molar-refractivity contribution >= 4 is 17.5 Å². The van der Waals surface area contributed by atoms with E-state index in [0.717, 1.165) is 28.3 Å². The van der Waals surface area contributed by atoms with Crippen LogP contribution in [0.1, 0.15) is 16.9 Å². The van der Waals surface area contributed by atoms with Crippen LogP contribution in [0.3, 0.4) is 0 Å². The van der Waals surface area contributed by atoms with Crippen molar-refractivity contribution in [1.29, 1.82) is 0 Å². The lowest BCUT2D eigenvalue weighted by molar-refractivity contribution is -0.122. The predicted molar refractivity (Wildman–Crippen MR) is 107 cm³/mol. The zero-order chi connectivity index (χ0) is 18.9. The number of hydrogen-bond donors (Lipinski definition) is 1. The molecular formula is C22H23ClN2O2. The second-order valence-corrected chi connectivity index (χ2v) is 6.87. The van der Waals surface area contributed by atoms with E-state index in [-0.39, 0.29) is 5.91 Å². The molecular weight excluding hydrogens is 360 g/mol. The molecule has 1 amide bonds. The summed E-state index contributed by atoms with van der Waals surface area (Å²) in [5, 5.41) is 3.72. The fourth-order valence-electron chi connectivity index (χ4n) is 2.89. The fraction of sp³-hybridized carbons (Fsp3) is 0.227. The summed E-state index contributed by atoms with van der Waals surface area (Å²) in [4.78, 5) is 14.5. The van der Waals surface area contributed by atoms with Crippen molar-refractivity contribution in [2.45, 2.75) is 19.5 Å². The van der Waals surface area contributed by atoms with Crippen LogP contribution in [0.15, 0.2) is 77.4 Å². The number of carbonyl (C=O) groups excluding carboxylic acids is 1. The van der Waals surface area contributed by atoms with Gasteiger partial charge in [-0.2, -0.15) is 0 Å². The van der Waals surface area contributed by atoms with Crippen LogP contribution >= 0.6 is 11.6 Å². The zero-order valence-electron chi connectivity index (χ0n) is 15.1. The van der Waals surface area contributed by atoms with Crippen LogP contribution in [0.5, 0.6) is 0 Å². The first kappa shape index (κ1) is 19.2. The van der Waals surface area contributed by atoms with Crippen molar-refractivity contribution in [1.82, 2.24) is 10.2 Å². The smallest absolute Gasteiger partial charge is 0.234 e. The van der Waals surface area contributed by atoms with Gasteiger partial charge in [0, 0.05) is 18.1 Å². The van der Waals surface area contributed by atoms with Gasteiger partial charge in [-0.05, 0) is 41.8 Å². The number of nitrogens with one attached hydrogen (secondary N) is 1. The molecule has 0 atom stereocenters. The van der Waals surface area contributed by atoms with Crippen LogP contribution in [-0.4, -0.2) is 23.9 Å². The van der Waals surface area contributed by atoms with Crippen LogP contribution in [0.25, 0.3) is 0 Å². The van der Waals surface area contributed by atoms with Crippen molar-refractivity contribution < 1.29 is 9.21 Å². The quantitative estimate of drug-likeness (QED) is 0.600. The molecule has 0 bridgehead atoms. The van der Waals surface area contributed by atoms with Crippen LogP contribution in [0, 0.1) is 0 Å². The molecule has 0 aliphatic rings. The monoisotopic (exact) mass is 382 g/mol. The topological polar surface area (TPSA) is 45.5 Å².